The Kier molecular flexibility index (Phi) is 3.10. The monoisotopic (exact) mass is 255 g/mol. The van der Waals surface area contributed by atoms with Gasteiger partial charge in [0.25, 0.3) is 5.91 Å². The Morgan fingerprint density at radius 1 is 1.35 bits per heavy atom. The fraction of sp³-hybridized carbons (Fsp3) is 0.100. The molecule has 1 aromatic heterocycles. The lowest BCUT2D eigenvalue weighted by Gasteiger charge is -2.03. The molecule has 0 bridgehead atoms. The van der Waals surface area contributed by atoms with Crippen molar-refractivity contribution in [3.8, 4) is 0 Å². The van der Waals surface area contributed by atoms with Gasteiger partial charge in [-0.3, -0.25) is 4.79 Å². The van der Waals surface area contributed by atoms with Gasteiger partial charge >= 0.3 is 0 Å². The third kappa shape index (κ3) is 2.44. The number of aromatic nitrogens is 2. The van der Waals surface area contributed by atoms with Crippen molar-refractivity contribution < 1.29 is 13.6 Å². The molecule has 0 atom stereocenters. The van der Waals surface area contributed by atoms with Crippen LogP contribution in [-0.4, -0.2) is 15.5 Å². The van der Waals surface area contributed by atoms with Gasteiger partial charge in [-0.15, -0.1) is 5.10 Å². The first-order chi connectivity index (χ1) is 8.08. The maximum Gasteiger partial charge on any atom is 0.269 e. The number of amides is 1. The molecule has 88 valence electrons. The van der Waals surface area contributed by atoms with E-state index in [-0.39, 0.29) is 5.69 Å². The number of benzene rings is 1. The first-order valence-corrected chi connectivity index (χ1v) is 5.40. The van der Waals surface area contributed by atoms with Crippen LogP contribution in [0.1, 0.15) is 15.4 Å². The molecule has 1 aromatic carbocycles. The summed E-state index contributed by atoms with van der Waals surface area (Å²) in [5.41, 5.74) is 0.678. The summed E-state index contributed by atoms with van der Waals surface area (Å²) in [5, 5.41) is 6.12. The van der Waals surface area contributed by atoms with Crippen molar-refractivity contribution in [1.29, 1.82) is 0 Å². The summed E-state index contributed by atoms with van der Waals surface area (Å²) >= 11 is 0.943. The molecule has 0 spiro atoms. The van der Waals surface area contributed by atoms with E-state index < -0.39 is 17.5 Å². The lowest BCUT2D eigenvalue weighted by Crippen LogP contribution is -2.11. The van der Waals surface area contributed by atoms with E-state index in [0.29, 0.717) is 10.6 Å². The summed E-state index contributed by atoms with van der Waals surface area (Å²) in [4.78, 5) is 12.0. The molecular formula is C10H7F2N3OS. The van der Waals surface area contributed by atoms with Gasteiger partial charge in [-0.25, -0.2) is 8.78 Å². The Morgan fingerprint density at radius 3 is 2.71 bits per heavy atom. The van der Waals surface area contributed by atoms with Gasteiger partial charge < -0.3 is 5.32 Å². The second-order valence-corrected chi connectivity index (χ2v) is 4.02. The number of nitrogens with zero attached hydrogens (tertiary/aromatic N) is 2. The largest absolute Gasteiger partial charge is 0.321 e. The van der Waals surface area contributed by atoms with E-state index >= 15 is 0 Å². The SMILES string of the molecule is Cc1nnsc1C(=O)Nc1ccc(F)c(F)c1. The van der Waals surface area contributed by atoms with Crippen molar-refractivity contribution in [2.45, 2.75) is 6.92 Å². The minimum Gasteiger partial charge on any atom is -0.321 e. The van der Waals surface area contributed by atoms with Crippen LogP contribution in [0.4, 0.5) is 14.5 Å². The van der Waals surface area contributed by atoms with Gasteiger partial charge in [-0.05, 0) is 30.6 Å². The van der Waals surface area contributed by atoms with Crippen molar-refractivity contribution >= 4 is 23.1 Å². The Hall–Kier alpha value is -1.89. The number of hydrogen-bond donors (Lipinski definition) is 1. The molecule has 0 radical (unpaired) electrons. The molecule has 1 N–H and O–H groups in total. The fourth-order valence-electron chi connectivity index (χ4n) is 1.20. The van der Waals surface area contributed by atoms with Gasteiger partial charge in [0.05, 0.1) is 5.69 Å². The van der Waals surface area contributed by atoms with Crippen molar-refractivity contribution in [1.82, 2.24) is 9.59 Å². The third-order valence-electron chi connectivity index (χ3n) is 2.04. The second-order valence-electron chi connectivity index (χ2n) is 3.27. The van der Waals surface area contributed by atoms with Crippen LogP contribution >= 0.6 is 11.5 Å². The van der Waals surface area contributed by atoms with Gasteiger partial charge in [-0.2, -0.15) is 0 Å². The molecule has 2 aromatic rings. The number of halogens is 2. The highest BCUT2D eigenvalue weighted by Crippen LogP contribution is 2.16. The summed E-state index contributed by atoms with van der Waals surface area (Å²) < 4.78 is 29.2. The van der Waals surface area contributed by atoms with Crippen LogP contribution in [0.2, 0.25) is 0 Å². The van der Waals surface area contributed by atoms with Gasteiger partial charge in [0.2, 0.25) is 0 Å². The number of aryl methyl sites for hydroxylation is 1. The number of nitrogens with one attached hydrogen (secondary N) is 1. The third-order valence-corrected chi connectivity index (χ3v) is 2.86. The minimum atomic E-state index is -1.01. The summed E-state index contributed by atoms with van der Waals surface area (Å²) in [6.07, 6.45) is 0. The molecule has 0 aliphatic heterocycles. The number of hydrogen-bond acceptors (Lipinski definition) is 4. The zero-order valence-corrected chi connectivity index (χ0v) is 9.52. The summed E-state index contributed by atoms with van der Waals surface area (Å²) in [7, 11) is 0. The molecule has 0 saturated carbocycles. The first-order valence-electron chi connectivity index (χ1n) is 4.63. The number of anilines is 1. The Morgan fingerprint density at radius 2 is 2.12 bits per heavy atom. The summed E-state index contributed by atoms with van der Waals surface area (Å²) in [6.45, 7) is 1.64. The lowest BCUT2D eigenvalue weighted by atomic mass is 10.3. The van der Waals surface area contributed by atoms with Gasteiger partial charge in [-0.1, -0.05) is 4.49 Å². The van der Waals surface area contributed by atoms with E-state index in [1.165, 1.54) is 6.07 Å². The quantitative estimate of drug-likeness (QED) is 0.896. The number of carbonyl (C=O) groups is 1. The molecule has 0 fully saturated rings. The number of rotatable bonds is 2. The van der Waals surface area contributed by atoms with E-state index in [0.717, 1.165) is 23.7 Å². The molecule has 2 rings (SSSR count). The van der Waals surface area contributed by atoms with Gasteiger partial charge in [0.15, 0.2) is 11.6 Å². The van der Waals surface area contributed by atoms with Crippen molar-refractivity contribution in [2.24, 2.45) is 0 Å². The molecule has 7 heteroatoms. The Labute approximate surface area is 99.5 Å². The van der Waals surface area contributed by atoms with Gasteiger partial charge in [0.1, 0.15) is 4.88 Å². The van der Waals surface area contributed by atoms with E-state index in [1.807, 2.05) is 0 Å². The van der Waals surface area contributed by atoms with E-state index in [1.54, 1.807) is 6.92 Å². The molecule has 0 aliphatic carbocycles. The van der Waals surface area contributed by atoms with Crippen LogP contribution < -0.4 is 5.32 Å². The molecule has 0 aliphatic rings. The lowest BCUT2D eigenvalue weighted by molar-refractivity contribution is 0.103. The fourth-order valence-corrected chi connectivity index (χ4v) is 1.75. The predicted molar refractivity (Wildman–Crippen MR) is 59.0 cm³/mol. The maximum absolute atomic E-state index is 12.9. The van der Waals surface area contributed by atoms with Crippen LogP contribution in [0.5, 0.6) is 0 Å². The van der Waals surface area contributed by atoms with Crippen LogP contribution in [0.25, 0.3) is 0 Å². The molecule has 0 saturated heterocycles. The Bertz CT molecular complexity index is 570. The smallest absolute Gasteiger partial charge is 0.269 e. The van der Waals surface area contributed by atoms with E-state index in [4.69, 9.17) is 0 Å². The molecule has 4 nitrogen and oxygen atoms in total. The standard InChI is InChI=1S/C10H7F2N3OS/c1-5-9(17-15-14-5)10(16)13-6-2-3-7(11)8(12)4-6/h2-4H,1H3,(H,13,16). The van der Waals surface area contributed by atoms with Crippen LogP contribution in [-0.2, 0) is 0 Å². The second kappa shape index (κ2) is 4.54. The molecule has 17 heavy (non-hydrogen) atoms. The van der Waals surface area contributed by atoms with Crippen molar-refractivity contribution in [2.75, 3.05) is 5.32 Å². The Balaban J connectivity index is 2.19. The van der Waals surface area contributed by atoms with Crippen LogP contribution in [0, 0.1) is 18.6 Å². The molecular weight excluding hydrogens is 248 g/mol. The average Bonchev–Trinajstić information content (AvgIpc) is 2.70. The predicted octanol–water partition coefficient (Wildman–Crippen LogP) is 2.38. The topological polar surface area (TPSA) is 54.9 Å². The first kappa shape index (κ1) is 11.6. The highest BCUT2D eigenvalue weighted by atomic mass is 32.1. The minimum absolute atomic E-state index is 0.182. The summed E-state index contributed by atoms with van der Waals surface area (Å²) in [6, 6.07) is 3.14. The van der Waals surface area contributed by atoms with Crippen LogP contribution in [0.15, 0.2) is 18.2 Å². The highest BCUT2D eigenvalue weighted by molar-refractivity contribution is 7.08. The molecule has 0 unspecified atom stereocenters. The van der Waals surface area contributed by atoms with Crippen molar-refractivity contribution in [3.05, 3.63) is 40.4 Å². The van der Waals surface area contributed by atoms with Gasteiger partial charge in [0, 0.05) is 11.8 Å². The van der Waals surface area contributed by atoms with E-state index in [2.05, 4.69) is 14.9 Å². The van der Waals surface area contributed by atoms with E-state index in [9.17, 15) is 13.6 Å². The van der Waals surface area contributed by atoms with Crippen LogP contribution in [0.3, 0.4) is 0 Å². The number of carbonyl (C=O) groups excluding carboxylic acids is 1. The summed E-state index contributed by atoms with van der Waals surface area (Å²) in [5.74, 6) is -2.41. The molecule has 1 heterocycles. The van der Waals surface area contributed by atoms with Crippen molar-refractivity contribution in [3.63, 3.8) is 0 Å². The molecule has 1 amide bonds. The normalized spacial score (nSPS) is 10.3. The highest BCUT2D eigenvalue weighted by Gasteiger charge is 2.13. The zero-order chi connectivity index (χ0) is 12.4. The zero-order valence-electron chi connectivity index (χ0n) is 8.70. The maximum atomic E-state index is 12.9. The average molecular weight is 255 g/mol.